The van der Waals surface area contributed by atoms with E-state index in [4.69, 9.17) is 9.15 Å². The summed E-state index contributed by atoms with van der Waals surface area (Å²) in [5.41, 5.74) is 1.50. The van der Waals surface area contributed by atoms with Crippen LogP contribution in [-0.2, 0) is 17.9 Å². The molecule has 0 spiro atoms. The number of nitrogens with zero attached hydrogens (tertiary/aromatic N) is 1. The summed E-state index contributed by atoms with van der Waals surface area (Å²) in [5.74, 6) is 0.669. The third-order valence-corrected chi connectivity index (χ3v) is 3.95. The number of amides is 1. The number of aryl methyl sites for hydroxylation is 1. The van der Waals surface area contributed by atoms with Crippen molar-refractivity contribution in [3.63, 3.8) is 0 Å². The van der Waals surface area contributed by atoms with Gasteiger partial charge < -0.3 is 14.1 Å². The summed E-state index contributed by atoms with van der Waals surface area (Å²) in [6.45, 7) is 2.22. The molecule has 0 aliphatic rings. The molecular formula is C21H20FNO3. The van der Waals surface area contributed by atoms with Crippen LogP contribution in [-0.4, -0.2) is 17.4 Å². The number of halogens is 1. The quantitative estimate of drug-likeness (QED) is 0.635. The van der Waals surface area contributed by atoms with Crippen molar-refractivity contribution in [2.24, 2.45) is 0 Å². The van der Waals surface area contributed by atoms with Gasteiger partial charge in [-0.15, -0.1) is 0 Å². The van der Waals surface area contributed by atoms with Gasteiger partial charge in [-0.1, -0.05) is 30.3 Å². The predicted octanol–water partition coefficient (Wildman–Crippen LogP) is 4.33. The molecule has 0 bridgehead atoms. The summed E-state index contributed by atoms with van der Waals surface area (Å²) in [7, 11) is 0. The Hall–Kier alpha value is -3.08. The Morgan fingerprint density at radius 2 is 1.92 bits per heavy atom. The summed E-state index contributed by atoms with van der Waals surface area (Å²) in [6, 6.07) is 17.4. The Kier molecular flexibility index (Phi) is 5.69. The second kappa shape index (κ2) is 8.34. The second-order valence-electron chi connectivity index (χ2n) is 6.03. The predicted molar refractivity (Wildman–Crippen MR) is 96.0 cm³/mol. The van der Waals surface area contributed by atoms with E-state index in [9.17, 15) is 9.18 Å². The van der Waals surface area contributed by atoms with Crippen LogP contribution in [0.5, 0.6) is 5.75 Å². The molecule has 0 saturated heterocycles. The molecule has 1 amide bonds. The van der Waals surface area contributed by atoms with E-state index in [1.807, 2.05) is 25.1 Å². The zero-order valence-electron chi connectivity index (χ0n) is 14.5. The van der Waals surface area contributed by atoms with E-state index >= 15 is 0 Å². The number of rotatable bonds is 7. The average Bonchev–Trinajstić information content (AvgIpc) is 3.14. The van der Waals surface area contributed by atoms with Gasteiger partial charge in [0, 0.05) is 12.1 Å². The highest BCUT2D eigenvalue weighted by Crippen LogP contribution is 2.16. The maximum absolute atomic E-state index is 14.0. The van der Waals surface area contributed by atoms with Gasteiger partial charge in [0.1, 0.15) is 17.3 Å². The van der Waals surface area contributed by atoms with E-state index in [0.717, 1.165) is 5.56 Å². The lowest BCUT2D eigenvalue weighted by molar-refractivity contribution is -0.134. The Bertz CT molecular complexity index is 861. The number of ether oxygens (including phenoxy) is 1. The fourth-order valence-electron chi connectivity index (χ4n) is 2.60. The third kappa shape index (κ3) is 4.72. The zero-order chi connectivity index (χ0) is 18.4. The van der Waals surface area contributed by atoms with Gasteiger partial charge in [-0.2, -0.15) is 0 Å². The average molecular weight is 353 g/mol. The van der Waals surface area contributed by atoms with Crippen molar-refractivity contribution in [3.8, 4) is 5.75 Å². The molecule has 0 radical (unpaired) electrons. The van der Waals surface area contributed by atoms with E-state index in [2.05, 4.69) is 0 Å². The smallest absolute Gasteiger partial charge is 0.261 e. The van der Waals surface area contributed by atoms with Gasteiger partial charge in [0.2, 0.25) is 0 Å². The minimum atomic E-state index is -0.343. The minimum Gasteiger partial charge on any atom is -0.484 e. The zero-order valence-corrected chi connectivity index (χ0v) is 14.5. The van der Waals surface area contributed by atoms with Gasteiger partial charge in [-0.05, 0) is 42.8 Å². The third-order valence-electron chi connectivity index (χ3n) is 3.95. The van der Waals surface area contributed by atoms with Gasteiger partial charge in [0.05, 0.1) is 12.8 Å². The van der Waals surface area contributed by atoms with Gasteiger partial charge in [-0.25, -0.2) is 4.39 Å². The monoisotopic (exact) mass is 353 g/mol. The molecule has 26 heavy (non-hydrogen) atoms. The van der Waals surface area contributed by atoms with Crippen LogP contribution in [0, 0.1) is 12.7 Å². The molecule has 0 unspecified atom stereocenters. The second-order valence-corrected chi connectivity index (χ2v) is 6.03. The fourth-order valence-corrected chi connectivity index (χ4v) is 2.60. The molecule has 134 valence electrons. The van der Waals surface area contributed by atoms with Crippen molar-refractivity contribution < 1.29 is 18.3 Å². The van der Waals surface area contributed by atoms with E-state index in [0.29, 0.717) is 17.1 Å². The van der Waals surface area contributed by atoms with Crippen LogP contribution < -0.4 is 4.74 Å². The van der Waals surface area contributed by atoms with Crippen molar-refractivity contribution >= 4 is 5.91 Å². The first-order valence-corrected chi connectivity index (χ1v) is 8.35. The van der Waals surface area contributed by atoms with Crippen molar-refractivity contribution in [2.75, 3.05) is 6.61 Å². The molecule has 0 atom stereocenters. The Morgan fingerprint density at radius 1 is 1.08 bits per heavy atom. The number of benzene rings is 2. The van der Waals surface area contributed by atoms with Crippen molar-refractivity contribution in [1.29, 1.82) is 0 Å². The molecule has 1 heterocycles. The van der Waals surface area contributed by atoms with Gasteiger partial charge in [0.25, 0.3) is 5.91 Å². The molecule has 0 aliphatic heterocycles. The van der Waals surface area contributed by atoms with Crippen molar-refractivity contribution in [3.05, 3.63) is 89.6 Å². The molecule has 0 N–H and O–H groups in total. The summed E-state index contributed by atoms with van der Waals surface area (Å²) in [6.07, 6.45) is 1.55. The SMILES string of the molecule is Cc1cccc(OCC(=O)N(Cc2ccco2)Cc2ccccc2F)c1. The molecule has 5 heteroatoms. The van der Waals surface area contributed by atoms with Crippen LogP contribution in [0.3, 0.4) is 0 Å². The van der Waals surface area contributed by atoms with E-state index in [-0.39, 0.29) is 31.4 Å². The summed E-state index contributed by atoms with van der Waals surface area (Å²) >= 11 is 0. The minimum absolute atomic E-state index is 0.126. The van der Waals surface area contributed by atoms with Crippen LogP contribution in [0.15, 0.2) is 71.3 Å². The lowest BCUT2D eigenvalue weighted by atomic mass is 10.2. The molecule has 0 fully saturated rings. The van der Waals surface area contributed by atoms with Crippen molar-refractivity contribution in [2.45, 2.75) is 20.0 Å². The highest BCUT2D eigenvalue weighted by atomic mass is 19.1. The fraction of sp³-hybridized carbons (Fsp3) is 0.190. The molecule has 0 aliphatic carbocycles. The molecule has 1 aromatic heterocycles. The van der Waals surface area contributed by atoms with E-state index < -0.39 is 0 Å². The van der Waals surface area contributed by atoms with Crippen LogP contribution >= 0.6 is 0 Å². The normalized spacial score (nSPS) is 10.5. The maximum atomic E-state index is 14.0. The highest BCUT2D eigenvalue weighted by Gasteiger charge is 2.18. The first kappa shape index (κ1) is 17.7. The van der Waals surface area contributed by atoms with Crippen LogP contribution in [0.25, 0.3) is 0 Å². The first-order chi connectivity index (χ1) is 12.6. The Balaban J connectivity index is 1.71. The standard InChI is InChI=1S/C21H20FNO3/c1-16-6-4-8-18(12-16)26-15-21(24)23(14-19-9-5-11-25-19)13-17-7-2-3-10-20(17)22/h2-12H,13-15H2,1H3. The Labute approximate surface area is 151 Å². The number of furan rings is 1. The number of carbonyl (C=O) groups is 1. The molecule has 3 aromatic rings. The lowest BCUT2D eigenvalue weighted by Crippen LogP contribution is -2.34. The molecular weight excluding hydrogens is 333 g/mol. The number of hydrogen-bond acceptors (Lipinski definition) is 3. The van der Waals surface area contributed by atoms with E-state index in [1.54, 1.807) is 42.7 Å². The van der Waals surface area contributed by atoms with E-state index in [1.165, 1.54) is 11.0 Å². The van der Waals surface area contributed by atoms with Gasteiger partial charge in [0.15, 0.2) is 6.61 Å². The topological polar surface area (TPSA) is 42.7 Å². The molecule has 3 rings (SSSR count). The lowest BCUT2D eigenvalue weighted by Gasteiger charge is -2.22. The van der Waals surface area contributed by atoms with Crippen molar-refractivity contribution in [1.82, 2.24) is 4.90 Å². The summed E-state index contributed by atoms with van der Waals surface area (Å²) < 4.78 is 24.9. The summed E-state index contributed by atoms with van der Waals surface area (Å²) in [4.78, 5) is 14.2. The highest BCUT2D eigenvalue weighted by molar-refractivity contribution is 5.77. The van der Waals surface area contributed by atoms with Crippen LogP contribution in [0.1, 0.15) is 16.9 Å². The Morgan fingerprint density at radius 3 is 2.65 bits per heavy atom. The largest absolute Gasteiger partial charge is 0.484 e. The van der Waals surface area contributed by atoms with Gasteiger partial charge >= 0.3 is 0 Å². The first-order valence-electron chi connectivity index (χ1n) is 8.35. The molecule has 0 saturated carbocycles. The van der Waals surface area contributed by atoms with Crippen LogP contribution in [0.2, 0.25) is 0 Å². The number of hydrogen-bond donors (Lipinski definition) is 0. The van der Waals surface area contributed by atoms with Crippen LogP contribution in [0.4, 0.5) is 4.39 Å². The van der Waals surface area contributed by atoms with Gasteiger partial charge in [-0.3, -0.25) is 4.79 Å². The molecule has 2 aromatic carbocycles. The summed E-state index contributed by atoms with van der Waals surface area (Å²) in [5, 5.41) is 0. The number of carbonyl (C=O) groups excluding carboxylic acids is 1. The maximum Gasteiger partial charge on any atom is 0.261 e. The molecule has 4 nitrogen and oxygen atoms in total.